The van der Waals surface area contributed by atoms with Gasteiger partial charge in [0.1, 0.15) is 16.8 Å². The molecule has 0 atom stereocenters. The molecule has 8 nitrogen and oxygen atoms in total. The lowest BCUT2D eigenvalue weighted by Gasteiger charge is -2.06. The van der Waals surface area contributed by atoms with Gasteiger partial charge in [-0.05, 0) is 61.0 Å². The minimum Gasteiger partial charge on any atom is -0.691 e. The molecule has 172 valence electrons. The minimum atomic E-state index is -0.391. The average molecular weight is 456 g/mol. The molecule has 0 saturated carbocycles. The van der Waals surface area contributed by atoms with Crippen molar-refractivity contribution in [2.24, 2.45) is 0 Å². The van der Waals surface area contributed by atoms with E-state index in [1.165, 1.54) is 19.3 Å². The zero-order valence-corrected chi connectivity index (χ0v) is 18.9. The van der Waals surface area contributed by atoms with Crippen molar-refractivity contribution in [2.75, 3.05) is 6.61 Å². The smallest absolute Gasteiger partial charge is 0.366 e. The quantitative estimate of drug-likeness (QED) is 0.205. The molecule has 0 aliphatic carbocycles. The number of para-hydroxylation sites is 2. The third-order valence-electron chi connectivity index (χ3n) is 5.80. The Kier molecular flexibility index (Phi) is 5.95. The Morgan fingerprint density at radius 2 is 1.88 bits per heavy atom. The van der Waals surface area contributed by atoms with Crippen molar-refractivity contribution in [3.8, 4) is 17.1 Å². The highest BCUT2D eigenvalue weighted by Gasteiger charge is 2.23. The molecule has 0 aliphatic heterocycles. The average Bonchev–Trinajstić information content (AvgIpc) is 3.45. The molecule has 8 heteroatoms. The molecule has 34 heavy (non-hydrogen) atoms. The van der Waals surface area contributed by atoms with Crippen molar-refractivity contribution in [3.05, 3.63) is 77.5 Å². The summed E-state index contributed by atoms with van der Waals surface area (Å²) >= 11 is 0. The molecular weight excluding hydrogens is 430 g/mol. The van der Waals surface area contributed by atoms with Gasteiger partial charge < -0.3 is 14.9 Å². The van der Waals surface area contributed by atoms with Gasteiger partial charge in [0, 0.05) is 5.56 Å². The Balaban J connectivity index is 1.35. The van der Waals surface area contributed by atoms with Gasteiger partial charge in [0.25, 0.3) is 0 Å². The van der Waals surface area contributed by atoms with Crippen LogP contribution in [0.1, 0.15) is 43.0 Å². The van der Waals surface area contributed by atoms with Crippen molar-refractivity contribution in [3.63, 3.8) is 0 Å². The van der Waals surface area contributed by atoms with Crippen LogP contribution in [0, 0.1) is 5.21 Å². The topological polar surface area (TPSA) is 99.7 Å². The molecule has 2 heterocycles. The second-order valence-electron chi connectivity index (χ2n) is 8.22. The van der Waals surface area contributed by atoms with Crippen LogP contribution in [-0.2, 0) is 0 Å². The van der Waals surface area contributed by atoms with Crippen molar-refractivity contribution < 1.29 is 14.4 Å². The standard InChI is InChI=1S/C26H25N5O3/c1-2-3-4-7-16-34-20-13-10-18(11-14-20)25-27-21-15-12-19(17-22(21)28-25)26(32)30-23-8-5-6-9-24(23)31(33)29-30/h5-6,8-15,17H,2-4,7,16H2,1H3,(H,27,28). The van der Waals surface area contributed by atoms with E-state index in [2.05, 4.69) is 22.1 Å². The molecule has 0 fully saturated rings. The fourth-order valence-electron chi connectivity index (χ4n) is 3.96. The zero-order valence-electron chi connectivity index (χ0n) is 18.9. The number of carbonyl (C=O) groups is 1. The maximum Gasteiger partial charge on any atom is 0.366 e. The molecule has 5 aromatic rings. The number of ether oxygens (including phenoxy) is 1. The summed E-state index contributed by atoms with van der Waals surface area (Å²) < 4.78 is 6.94. The van der Waals surface area contributed by atoms with Gasteiger partial charge >= 0.3 is 5.91 Å². The van der Waals surface area contributed by atoms with E-state index in [-0.39, 0.29) is 0 Å². The highest BCUT2D eigenvalue weighted by atomic mass is 16.5. The number of carbonyl (C=O) groups excluding carboxylic acids is 1. The van der Waals surface area contributed by atoms with Crippen LogP contribution in [0.4, 0.5) is 0 Å². The first kappa shape index (κ1) is 21.6. The maximum atomic E-state index is 13.1. The molecule has 0 amide bonds. The lowest BCUT2D eigenvalue weighted by Crippen LogP contribution is -2.31. The summed E-state index contributed by atoms with van der Waals surface area (Å²) in [7, 11) is 0. The number of fused-ring (bicyclic) bond motifs is 2. The number of aromatic nitrogens is 5. The summed E-state index contributed by atoms with van der Waals surface area (Å²) in [4.78, 5) is 21.5. The van der Waals surface area contributed by atoms with Gasteiger partial charge in [-0.1, -0.05) is 43.0 Å². The SMILES string of the molecule is CCCCCCOc1ccc(-c2nc3cc(C(=O)n4n[n+]([O-])c5ccccc54)ccc3[nH]2)cc1. The number of unbranched alkanes of at least 4 members (excludes halogenated alkanes) is 3. The molecular formula is C26H25N5O3. The largest absolute Gasteiger partial charge is 0.691 e. The van der Waals surface area contributed by atoms with E-state index in [9.17, 15) is 10.0 Å². The maximum absolute atomic E-state index is 13.1. The molecule has 2 aromatic heterocycles. The molecule has 0 spiro atoms. The van der Waals surface area contributed by atoms with E-state index in [4.69, 9.17) is 4.74 Å². The number of imidazole rings is 1. The van der Waals surface area contributed by atoms with Crippen LogP contribution in [0.25, 0.3) is 33.5 Å². The number of nitrogens with zero attached hydrogens (tertiary/aromatic N) is 4. The third-order valence-corrected chi connectivity index (χ3v) is 5.80. The van der Waals surface area contributed by atoms with Crippen LogP contribution in [-0.4, -0.2) is 32.4 Å². The van der Waals surface area contributed by atoms with Gasteiger partial charge in [-0.2, -0.15) is 0 Å². The molecule has 0 radical (unpaired) electrons. The normalized spacial score (nSPS) is 11.3. The lowest BCUT2D eigenvalue weighted by atomic mass is 10.2. The van der Waals surface area contributed by atoms with Crippen molar-refractivity contribution >= 4 is 28.0 Å². The monoisotopic (exact) mass is 455 g/mol. The fourth-order valence-corrected chi connectivity index (χ4v) is 3.96. The first-order valence-corrected chi connectivity index (χ1v) is 11.5. The van der Waals surface area contributed by atoms with Crippen molar-refractivity contribution in [1.82, 2.24) is 19.9 Å². The fraction of sp³-hybridized carbons (Fsp3) is 0.231. The Morgan fingerprint density at radius 1 is 1.06 bits per heavy atom. The number of hydrogen-bond acceptors (Lipinski definition) is 5. The summed E-state index contributed by atoms with van der Waals surface area (Å²) in [5.74, 6) is 1.15. The molecule has 3 aromatic carbocycles. The number of benzene rings is 3. The molecule has 0 unspecified atom stereocenters. The summed E-state index contributed by atoms with van der Waals surface area (Å²) in [6.45, 7) is 2.92. The number of hydrogen-bond donors (Lipinski definition) is 1. The van der Waals surface area contributed by atoms with Crippen molar-refractivity contribution in [1.29, 1.82) is 0 Å². The number of nitrogens with one attached hydrogen (secondary N) is 1. The summed E-state index contributed by atoms with van der Waals surface area (Å²) in [5.41, 5.74) is 3.58. The van der Waals surface area contributed by atoms with Crippen LogP contribution in [0.3, 0.4) is 0 Å². The Hall–Kier alpha value is -4.20. The van der Waals surface area contributed by atoms with Crippen molar-refractivity contribution in [2.45, 2.75) is 32.6 Å². The highest BCUT2D eigenvalue weighted by molar-refractivity contribution is 6.01. The minimum absolute atomic E-state index is 0.340. The van der Waals surface area contributed by atoms with Crippen LogP contribution >= 0.6 is 0 Å². The van der Waals surface area contributed by atoms with E-state index in [0.29, 0.717) is 32.8 Å². The predicted octanol–water partition coefficient (Wildman–Crippen LogP) is 4.86. The predicted molar refractivity (Wildman–Crippen MR) is 130 cm³/mol. The first-order valence-electron chi connectivity index (χ1n) is 11.5. The Bertz CT molecular complexity index is 1450. The van der Waals surface area contributed by atoms with Crippen LogP contribution in [0.2, 0.25) is 0 Å². The third kappa shape index (κ3) is 4.22. The van der Waals surface area contributed by atoms with Gasteiger partial charge in [0.15, 0.2) is 0 Å². The lowest BCUT2D eigenvalue weighted by molar-refractivity contribution is -0.645. The number of rotatable bonds is 8. The van der Waals surface area contributed by atoms with Crippen LogP contribution < -0.4 is 9.58 Å². The van der Waals surface area contributed by atoms with Crippen LogP contribution in [0.5, 0.6) is 5.75 Å². The van der Waals surface area contributed by atoms with Gasteiger partial charge in [0.05, 0.1) is 23.2 Å². The number of aromatic amines is 1. The molecule has 0 aliphatic rings. The molecule has 1 N–H and O–H groups in total. The molecule has 5 rings (SSSR count). The van der Waals surface area contributed by atoms with E-state index >= 15 is 0 Å². The van der Waals surface area contributed by atoms with E-state index in [1.54, 1.807) is 36.4 Å². The first-order chi connectivity index (χ1) is 16.6. The van der Waals surface area contributed by atoms with E-state index in [1.807, 2.05) is 30.3 Å². The van der Waals surface area contributed by atoms with Crippen LogP contribution in [0.15, 0.2) is 66.7 Å². The van der Waals surface area contributed by atoms with E-state index in [0.717, 1.165) is 34.5 Å². The van der Waals surface area contributed by atoms with Gasteiger partial charge in [-0.3, -0.25) is 0 Å². The van der Waals surface area contributed by atoms with Gasteiger partial charge in [-0.25, -0.2) is 9.78 Å². The summed E-state index contributed by atoms with van der Waals surface area (Å²) in [6, 6.07) is 19.9. The Morgan fingerprint density at radius 3 is 2.71 bits per heavy atom. The molecule has 0 bridgehead atoms. The molecule has 0 saturated heterocycles. The summed E-state index contributed by atoms with van der Waals surface area (Å²) in [5, 5.41) is 15.9. The number of H-pyrrole nitrogens is 1. The summed E-state index contributed by atoms with van der Waals surface area (Å²) in [6.07, 6.45) is 4.69. The second kappa shape index (κ2) is 9.35. The van der Waals surface area contributed by atoms with Gasteiger partial charge in [0.2, 0.25) is 11.0 Å². The Labute approximate surface area is 196 Å². The van der Waals surface area contributed by atoms with E-state index < -0.39 is 5.91 Å². The highest BCUT2D eigenvalue weighted by Crippen LogP contribution is 2.24. The second-order valence-corrected chi connectivity index (χ2v) is 8.22. The van der Waals surface area contributed by atoms with Gasteiger partial charge in [-0.15, -0.1) is 4.85 Å². The zero-order chi connectivity index (χ0) is 23.5.